The molecule has 0 bridgehead atoms. The molecule has 0 unspecified atom stereocenters. The van der Waals surface area contributed by atoms with E-state index >= 15 is 0 Å². The number of carbonyl (C=O) groups is 1. The summed E-state index contributed by atoms with van der Waals surface area (Å²) in [5, 5.41) is 3.37. The molecule has 18 heavy (non-hydrogen) atoms. The largest absolute Gasteiger partial charge is 0.449 e. The van der Waals surface area contributed by atoms with Gasteiger partial charge in [0.25, 0.3) is 0 Å². The number of rotatable bonds is 5. The Morgan fingerprint density at radius 1 is 1.28 bits per heavy atom. The standard InChI is InChI=1S/C14H26N2O2/c1-11(2)10-18-14(17)16(13-3-4-13)9-12-5-7-15-8-6-12/h11-13,15H,3-10H2,1-2H3. The van der Waals surface area contributed by atoms with Crippen LogP contribution < -0.4 is 5.32 Å². The molecule has 2 aliphatic rings. The summed E-state index contributed by atoms with van der Waals surface area (Å²) in [7, 11) is 0. The lowest BCUT2D eigenvalue weighted by Crippen LogP contribution is -2.41. The Bertz CT molecular complexity index is 271. The van der Waals surface area contributed by atoms with Crippen molar-refractivity contribution in [2.24, 2.45) is 11.8 Å². The second-order valence-corrected chi connectivity index (χ2v) is 6.05. The van der Waals surface area contributed by atoms with Crippen molar-refractivity contribution in [2.75, 3.05) is 26.2 Å². The molecule has 1 amide bonds. The van der Waals surface area contributed by atoms with E-state index in [1.165, 1.54) is 12.8 Å². The molecular formula is C14H26N2O2. The molecular weight excluding hydrogens is 228 g/mol. The van der Waals surface area contributed by atoms with Crippen molar-refractivity contribution in [3.05, 3.63) is 0 Å². The summed E-state index contributed by atoms with van der Waals surface area (Å²) in [5.41, 5.74) is 0. The third-order valence-corrected chi connectivity index (χ3v) is 3.68. The highest BCUT2D eigenvalue weighted by atomic mass is 16.6. The zero-order valence-electron chi connectivity index (χ0n) is 11.7. The first-order valence-corrected chi connectivity index (χ1v) is 7.31. The number of piperidine rings is 1. The molecule has 1 aliphatic heterocycles. The van der Waals surface area contributed by atoms with Crippen LogP contribution in [0.15, 0.2) is 0 Å². The molecule has 0 aromatic carbocycles. The van der Waals surface area contributed by atoms with E-state index in [9.17, 15) is 4.79 Å². The first kappa shape index (κ1) is 13.7. The number of hydrogen-bond acceptors (Lipinski definition) is 3. The van der Waals surface area contributed by atoms with Gasteiger partial charge < -0.3 is 15.0 Å². The van der Waals surface area contributed by atoms with Crippen LogP contribution >= 0.6 is 0 Å². The highest BCUT2D eigenvalue weighted by molar-refractivity contribution is 5.68. The van der Waals surface area contributed by atoms with E-state index in [1.54, 1.807) is 0 Å². The van der Waals surface area contributed by atoms with Crippen molar-refractivity contribution in [1.82, 2.24) is 10.2 Å². The van der Waals surface area contributed by atoms with Crippen LogP contribution in [0.1, 0.15) is 39.5 Å². The average molecular weight is 254 g/mol. The predicted molar refractivity (Wildman–Crippen MR) is 71.5 cm³/mol. The van der Waals surface area contributed by atoms with Crippen LogP contribution in [0, 0.1) is 11.8 Å². The van der Waals surface area contributed by atoms with Gasteiger partial charge in [0.05, 0.1) is 6.61 Å². The maximum Gasteiger partial charge on any atom is 0.410 e. The SMILES string of the molecule is CC(C)COC(=O)N(CC1CCNCC1)C1CC1. The normalized spacial score (nSPS) is 21.1. The summed E-state index contributed by atoms with van der Waals surface area (Å²) in [5.74, 6) is 1.06. The highest BCUT2D eigenvalue weighted by Crippen LogP contribution is 2.29. The lowest BCUT2D eigenvalue weighted by Gasteiger charge is -2.29. The monoisotopic (exact) mass is 254 g/mol. The van der Waals surface area contributed by atoms with Crippen LogP contribution in [0.25, 0.3) is 0 Å². The van der Waals surface area contributed by atoms with Gasteiger partial charge in [0.1, 0.15) is 0 Å². The van der Waals surface area contributed by atoms with E-state index in [4.69, 9.17) is 4.74 Å². The molecule has 4 nitrogen and oxygen atoms in total. The first-order valence-electron chi connectivity index (χ1n) is 7.31. The summed E-state index contributed by atoms with van der Waals surface area (Å²) < 4.78 is 5.38. The van der Waals surface area contributed by atoms with E-state index in [1.807, 2.05) is 4.90 Å². The van der Waals surface area contributed by atoms with Gasteiger partial charge in [0, 0.05) is 12.6 Å². The van der Waals surface area contributed by atoms with E-state index in [0.29, 0.717) is 24.5 Å². The topological polar surface area (TPSA) is 41.6 Å². The Morgan fingerprint density at radius 2 is 1.94 bits per heavy atom. The lowest BCUT2D eigenvalue weighted by molar-refractivity contribution is 0.0813. The summed E-state index contributed by atoms with van der Waals surface area (Å²) >= 11 is 0. The van der Waals surface area contributed by atoms with Crippen LogP contribution in [-0.4, -0.2) is 43.3 Å². The maximum absolute atomic E-state index is 12.1. The number of ether oxygens (including phenoxy) is 1. The van der Waals surface area contributed by atoms with Crippen molar-refractivity contribution in [1.29, 1.82) is 0 Å². The van der Waals surface area contributed by atoms with Crippen molar-refractivity contribution in [3.63, 3.8) is 0 Å². The van der Waals surface area contributed by atoms with Gasteiger partial charge in [0.2, 0.25) is 0 Å². The zero-order chi connectivity index (χ0) is 13.0. The number of hydrogen-bond donors (Lipinski definition) is 1. The third-order valence-electron chi connectivity index (χ3n) is 3.68. The van der Waals surface area contributed by atoms with Gasteiger partial charge in [-0.1, -0.05) is 13.8 Å². The number of carbonyl (C=O) groups excluding carboxylic acids is 1. The lowest BCUT2D eigenvalue weighted by atomic mass is 9.97. The van der Waals surface area contributed by atoms with Gasteiger partial charge >= 0.3 is 6.09 Å². The fourth-order valence-corrected chi connectivity index (χ4v) is 2.42. The van der Waals surface area contributed by atoms with Gasteiger partial charge in [-0.2, -0.15) is 0 Å². The molecule has 1 saturated heterocycles. The molecule has 0 aromatic rings. The summed E-state index contributed by atoms with van der Waals surface area (Å²) in [6, 6.07) is 0.458. The minimum absolute atomic E-state index is 0.0928. The summed E-state index contributed by atoms with van der Waals surface area (Å²) in [6.45, 7) is 7.75. The van der Waals surface area contributed by atoms with Crippen LogP contribution in [-0.2, 0) is 4.74 Å². The fourth-order valence-electron chi connectivity index (χ4n) is 2.42. The second-order valence-electron chi connectivity index (χ2n) is 6.05. The molecule has 0 spiro atoms. The summed E-state index contributed by atoms with van der Waals surface area (Å²) in [6.07, 6.45) is 4.58. The molecule has 0 atom stereocenters. The average Bonchev–Trinajstić information content (AvgIpc) is 3.18. The molecule has 104 valence electrons. The van der Waals surface area contributed by atoms with Crippen molar-refractivity contribution >= 4 is 6.09 Å². The molecule has 2 rings (SSSR count). The molecule has 0 radical (unpaired) electrons. The molecule has 0 aromatic heterocycles. The van der Waals surface area contributed by atoms with Gasteiger partial charge in [-0.15, -0.1) is 0 Å². The second kappa shape index (κ2) is 6.41. The van der Waals surface area contributed by atoms with Gasteiger partial charge in [-0.3, -0.25) is 0 Å². The van der Waals surface area contributed by atoms with Gasteiger partial charge in [-0.25, -0.2) is 4.79 Å². The van der Waals surface area contributed by atoms with Crippen LogP contribution in [0.2, 0.25) is 0 Å². The van der Waals surface area contributed by atoms with E-state index < -0.39 is 0 Å². The van der Waals surface area contributed by atoms with E-state index in [0.717, 1.165) is 32.5 Å². The molecule has 1 aliphatic carbocycles. The molecule has 4 heteroatoms. The quantitative estimate of drug-likeness (QED) is 0.818. The van der Waals surface area contributed by atoms with Crippen LogP contribution in [0.5, 0.6) is 0 Å². The minimum Gasteiger partial charge on any atom is -0.449 e. The fraction of sp³-hybridized carbons (Fsp3) is 0.929. The Hall–Kier alpha value is -0.770. The van der Waals surface area contributed by atoms with Crippen molar-refractivity contribution in [2.45, 2.75) is 45.6 Å². The Balaban J connectivity index is 1.81. The molecule has 1 N–H and O–H groups in total. The van der Waals surface area contributed by atoms with E-state index in [2.05, 4.69) is 19.2 Å². The predicted octanol–water partition coefficient (Wildman–Crippen LogP) is 2.24. The summed E-state index contributed by atoms with van der Waals surface area (Å²) in [4.78, 5) is 14.1. The Labute approximate surface area is 110 Å². The minimum atomic E-state index is -0.0928. The first-order chi connectivity index (χ1) is 8.66. The molecule has 2 fully saturated rings. The molecule has 1 saturated carbocycles. The van der Waals surface area contributed by atoms with E-state index in [-0.39, 0.29) is 6.09 Å². The van der Waals surface area contributed by atoms with Gasteiger partial charge in [-0.05, 0) is 50.6 Å². The highest BCUT2D eigenvalue weighted by Gasteiger charge is 2.35. The molecule has 1 heterocycles. The zero-order valence-corrected chi connectivity index (χ0v) is 11.7. The Kier molecular flexibility index (Phi) is 4.87. The van der Waals surface area contributed by atoms with Gasteiger partial charge in [0.15, 0.2) is 0 Å². The van der Waals surface area contributed by atoms with Crippen LogP contribution in [0.4, 0.5) is 4.79 Å². The number of amides is 1. The van der Waals surface area contributed by atoms with Crippen LogP contribution in [0.3, 0.4) is 0 Å². The Morgan fingerprint density at radius 3 is 2.50 bits per heavy atom. The number of nitrogens with zero attached hydrogens (tertiary/aromatic N) is 1. The third kappa shape index (κ3) is 4.16. The van der Waals surface area contributed by atoms with Crippen molar-refractivity contribution < 1.29 is 9.53 Å². The maximum atomic E-state index is 12.1. The van der Waals surface area contributed by atoms with Crippen molar-refractivity contribution in [3.8, 4) is 0 Å². The number of nitrogens with one attached hydrogen (secondary N) is 1. The smallest absolute Gasteiger partial charge is 0.410 e.